The minimum absolute atomic E-state index is 0.0927. The predicted octanol–water partition coefficient (Wildman–Crippen LogP) is 3.91. The van der Waals surface area contributed by atoms with Gasteiger partial charge in [-0.15, -0.1) is 11.3 Å². The molecule has 2 heterocycles. The van der Waals surface area contributed by atoms with Gasteiger partial charge >= 0.3 is 0 Å². The van der Waals surface area contributed by atoms with Crippen molar-refractivity contribution in [2.45, 2.75) is 26.4 Å². The van der Waals surface area contributed by atoms with Crippen molar-refractivity contribution in [1.29, 1.82) is 0 Å². The summed E-state index contributed by atoms with van der Waals surface area (Å²) in [5, 5.41) is 4.03. The molecule has 2 nitrogen and oxygen atoms in total. The van der Waals surface area contributed by atoms with Crippen molar-refractivity contribution in [1.82, 2.24) is 10.2 Å². The second-order valence-corrected chi connectivity index (χ2v) is 6.82. The lowest BCUT2D eigenvalue weighted by molar-refractivity contribution is 0.286. The van der Waals surface area contributed by atoms with Crippen LogP contribution in [-0.4, -0.2) is 25.0 Å². The second kappa shape index (κ2) is 6.26. The summed E-state index contributed by atoms with van der Waals surface area (Å²) in [4.78, 5) is 3.66. The first-order valence-corrected chi connectivity index (χ1v) is 8.22. The van der Waals surface area contributed by atoms with Gasteiger partial charge in [0.15, 0.2) is 0 Å². The number of halogens is 1. The standard InChI is InChI=1S/C17H21FN2S/c1-12-6-8-20(9-7-12)11-13-16(10-19-2)21-15-5-3-4-14(18)17(13)15/h3-6,19H,7-11H2,1-2H3. The zero-order valence-corrected chi connectivity index (χ0v) is 13.4. The highest BCUT2D eigenvalue weighted by Gasteiger charge is 2.18. The van der Waals surface area contributed by atoms with Gasteiger partial charge in [0.2, 0.25) is 0 Å². The van der Waals surface area contributed by atoms with E-state index in [1.165, 1.54) is 10.5 Å². The van der Waals surface area contributed by atoms with Crippen molar-refractivity contribution < 1.29 is 4.39 Å². The largest absolute Gasteiger partial charge is 0.315 e. The molecule has 1 aliphatic rings. The van der Waals surface area contributed by atoms with E-state index in [1.807, 2.05) is 13.1 Å². The molecular weight excluding hydrogens is 283 g/mol. The summed E-state index contributed by atoms with van der Waals surface area (Å²) in [6.45, 7) is 5.85. The maximum absolute atomic E-state index is 14.3. The van der Waals surface area contributed by atoms with Gasteiger partial charge in [0, 0.05) is 41.1 Å². The summed E-state index contributed by atoms with van der Waals surface area (Å²) in [6, 6.07) is 5.39. The Morgan fingerprint density at radius 3 is 2.95 bits per heavy atom. The van der Waals surface area contributed by atoms with Gasteiger partial charge in [0.1, 0.15) is 5.82 Å². The highest BCUT2D eigenvalue weighted by atomic mass is 32.1. The molecule has 0 atom stereocenters. The van der Waals surface area contributed by atoms with Crippen LogP contribution in [0.3, 0.4) is 0 Å². The topological polar surface area (TPSA) is 15.3 Å². The van der Waals surface area contributed by atoms with Gasteiger partial charge in [-0.2, -0.15) is 0 Å². The fraction of sp³-hybridized carbons (Fsp3) is 0.412. The number of hydrogen-bond donors (Lipinski definition) is 1. The lowest BCUT2D eigenvalue weighted by Gasteiger charge is -2.25. The third kappa shape index (κ3) is 3.03. The second-order valence-electron chi connectivity index (χ2n) is 5.68. The zero-order chi connectivity index (χ0) is 14.8. The lowest BCUT2D eigenvalue weighted by atomic mass is 10.1. The number of nitrogens with zero attached hydrogens (tertiary/aromatic N) is 1. The quantitative estimate of drug-likeness (QED) is 0.862. The Hall–Kier alpha value is -1.23. The number of fused-ring (bicyclic) bond motifs is 1. The summed E-state index contributed by atoms with van der Waals surface area (Å²) in [5.41, 5.74) is 2.62. The van der Waals surface area contributed by atoms with Crippen molar-refractivity contribution in [2.75, 3.05) is 20.1 Å². The van der Waals surface area contributed by atoms with E-state index in [1.54, 1.807) is 23.5 Å². The summed E-state index contributed by atoms with van der Waals surface area (Å²) >= 11 is 1.71. The Labute approximate surface area is 129 Å². The van der Waals surface area contributed by atoms with Crippen molar-refractivity contribution in [3.05, 3.63) is 46.1 Å². The van der Waals surface area contributed by atoms with Crippen LogP contribution in [0, 0.1) is 5.82 Å². The van der Waals surface area contributed by atoms with E-state index in [0.717, 1.165) is 48.2 Å². The van der Waals surface area contributed by atoms with Gasteiger partial charge in [0.25, 0.3) is 0 Å². The van der Waals surface area contributed by atoms with Crippen LogP contribution in [0.25, 0.3) is 10.1 Å². The molecule has 4 heteroatoms. The van der Waals surface area contributed by atoms with E-state index in [-0.39, 0.29) is 5.82 Å². The van der Waals surface area contributed by atoms with E-state index in [2.05, 4.69) is 23.2 Å². The van der Waals surface area contributed by atoms with Gasteiger partial charge in [-0.3, -0.25) is 4.90 Å². The Kier molecular flexibility index (Phi) is 4.38. The van der Waals surface area contributed by atoms with Gasteiger partial charge in [0.05, 0.1) is 0 Å². The SMILES string of the molecule is CNCc1sc2cccc(F)c2c1CN1CC=C(C)CC1. The monoisotopic (exact) mass is 304 g/mol. The fourth-order valence-corrected chi connectivity index (χ4v) is 4.11. The number of benzene rings is 1. The highest BCUT2D eigenvalue weighted by Crippen LogP contribution is 2.34. The van der Waals surface area contributed by atoms with E-state index in [0.29, 0.717) is 0 Å². The van der Waals surface area contributed by atoms with E-state index in [9.17, 15) is 4.39 Å². The molecule has 0 radical (unpaired) electrons. The van der Waals surface area contributed by atoms with Crippen LogP contribution >= 0.6 is 11.3 Å². The maximum atomic E-state index is 14.3. The molecular formula is C17H21FN2S. The molecule has 21 heavy (non-hydrogen) atoms. The molecule has 1 N–H and O–H groups in total. The molecule has 1 aromatic heterocycles. The van der Waals surface area contributed by atoms with Crippen molar-refractivity contribution in [3.8, 4) is 0 Å². The van der Waals surface area contributed by atoms with Gasteiger partial charge in [-0.1, -0.05) is 17.7 Å². The molecule has 2 aromatic rings. The third-order valence-electron chi connectivity index (χ3n) is 4.09. The molecule has 0 spiro atoms. The third-order valence-corrected chi connectivity index (χ3v) is 5.28. The number of rotatable bonds is 4. The Morgan fingerprint density at radius 2 is 2.24 bits per heavy atom. The summed E-state index contributed by atoms with van der Waals surface area (Å²) in [7, 11) is 1.94. The zero-order valence-electron chi connectivity index (χ0n) is 12.6. The molecule has 0 saturated heterocycles. The van der Waals surface area contributed by atoms with E-state index < -0.39 is 0 Å². The molecule has 112 valence electrons. The summed E-state index contributed by atoms with van der Waals surface area (Å²) < 4.78 is 15.3. The van der Waals surface area contributed by atoms with E-state index >= 15 is 0 Å². The minimum Gasteiger partial charge on any atom is -0.315 e. The molecule has 0 bridgehead atoms. The van der Waals surface area contributed by atoms with Crippen LogP contribution in [0.4, 0.5) is 4.39 Å². The van der Waals surface area contributed by atoms with Gasteiger partial charge in [-0.05, 0) is 38.1 Å². The first kappa shape index (κ1) is 14.7. The van der Waals surface area contributed by atoms with Crippen LogP contribution in [-0.2, 0) is 13.1 Å². The molecule has 0 unspecified atom stereocenters. The average molecular weight is 304 g/mol. The molecule has 0 amide bonds. The van der Waals surface area contributed by atoms with Crippen molar-refractivity contribution in [2.24, 2.45) is 0 Å². The summed E-state index contributed by atoms with van der Waals surface area (Å²) in [6.07, 6.45) is 3.40. The van der Waals surface area contributed by atoms with Crippen LogP contribution in [0.15, 0.2) is 29.8 Å². The normalized spacial score (nSPS) is 16.4. The Morgan fingerprint density at radius 1 is 1.38 bits per heavy atom. The van der Waals surface area contributed by atoms with Crippen LogP contribution in [0.5, 0.6) is 0 Å². The predicted molar refractivity (Wildman–Crippen MR) is 88.2 cm³/mol. The number of hydrogen-bond acceptors (Lipinski definition) is 3. The van der Waals surface area contributed by atoms with Gasteiger partial charge < -0.3 is 5.32 Å². The molecule has 1 aliphatic heterocycles. The first-order valence-electron chi connectivity index (χ1n) is 7.40. The number of nitrogens with one attached hydrogen (secondary N) is 1. The minimum atomic E-state index is -0.0927. The number of thiophene rings is 1. The smallest absolute Gasteiger partial charge is 0.132 e. The van der Waals surface area contributed by atoms with Gasteiger partial charge in [-0.25, -0.2) is 4.39 Å². The fourth-order valence-electron chi connectivity index (χ4n) is 2.87. The molecule has 0 fully saturated rings. The molecule has 0 aliphatic carbocycles. The lowest BCUT2D eigenvalue weighted by Crippen LogP contribution is -2.28. The van der Waals surface area contributed by atoms with Crippen molar-refractivity contribution >= 4 is 21.4 Å². The van der Waals surface area contributed by atoms with Crippen LogP contribution in [0.2, 0.25) is 0 Å². The average Bonchev–Trinajstić information content (AvgIpc) is 2.81. The van der Waals surface area contributed by atoms with Crippen LogP contribution in [0.1, 0.15) is 23.8 Å². The Bertz CT molecular complexity index is 675. The van der Waals surface area contributed by atoms with Crippen LogP contribution < -0.4 is 5.32 Å². The first-order chi connectivity index (χ1) is 10.2. The molecule has 3 rings (SSSR count). The molecule has 1 aromatic carbocycles. The highest BCUT2D eigenvalue weighted by molar-refractivity contribution is 7.19. The summed E-state index contributed by atoms with van der Waals surface area (Å²) in [5.74, 6) is -0.0927. The van der Waals surface area contributed by atoms with E-state index in [4.69, 9.17) is 0 Å². The Balaban J connectivity index is 1.97. The maximum Gasteiger partial charge on any atom is 0.132 e. The molecule has 0 saturated carbocycles. The van der Waals surface area contributed by atoms with Crippen molar-refractivity contribution in [3.63, 3.8) is 0 Å².